The van der Waals surface area contributed by atoms with Gasteiger partial charge in [0, 0.05) is 33.6 Å². The summed E-state index contributed by atoms with van der Waals surface area (Å²) in [5, 5.41) is 9.76. The number of anilines is 1. The number of amides is 1. The number of benzene rings is 2. The number of hydrogen-bond donors (Lipinski definition) is 1. The molecule has 1 amide bonds. The van der Waals surface area contributed by atoms with E-state index in [4.69, 9.17) is 4.74 Å². The number of ether oxygens (including phenoxy) is 1. The number of rotatable bonds is 7. The number of hydrogen-bond acceptors (Lipinski definition) is 6. The first-order chi connectivity index (χ1) is 16.0. The molecule has 0 unspecified atom stereocenters. The van der Waals surface area contributed by atoms with Crippen molar-refractivity contribution in [3.8, 4) is 5.75 Å². The van der Waals surface area contributed by atoms with Gasteiger partial charge < -0.3 is 19.6 Å². The number of aliphatic hydroxyl groups is 1. The van der Waals surface area contributed by atoms with E-state index in [1.807, 2.05) is 32.0 Å². The van der Waals surface area contributed by atoms with Crippen LogP contribution in [0.1, 0.15) is 24.2 Å². The molecule has 2 aromatic rings. The van der Waals surface area contributed by atoms with Crippen molar-refractivity contribution >= 4 is 21.6 Å². The van der Waals surface area contributed by atoms with Gasteiger partial charge in [-0.1, -0.05) is 13.0 Å². The van der Waals surface area contributed by atoms with Crippen molar-refractivity contribution in [2.24, 2.45) is 5.92 Å². The number of carbonyl (C=O) groups excluding carboxylic acids is 1. The van der Waals surface area contributed by atoms with Gasteiger partial charge in [-0.2, -0.15) is 4.31 Å². The standard InChI is InChI=1S/C24H32FN3O5S/c1-16-13-28(17(2)15-29)24(30)20-7-6-8-21(26(3)4)23(20)33-22(16)14-27(5)34(31,32)19-11-9-18(25)10-12-19/h6-12,16-17,22,29H,13-15H2,1-5H3/t16-,17-,22+/m1/s1. The highest BCUT2D eigenvalue weighted by atomic mass is 32.2. The van der Waals surface area contributed by atoms with Crippen LogP contribution in [0.5, 0.6) is 5.75 Å². The van der Waals surface area contributed by atoms with Crippen LogP contribution in [0.15, 0.2) is 47.4 Å². The van der Waals surface area contributed by atoms with Crippen molar-refractivity contribution in [2.75, 3.05) is 45.7 Å². The lowest BCUT2D eigenvalue weighted by Crippen LogP contribution is -2.50. The van der Waals surface area contributed by atoms with Crippen LogP contribution in [0.3, 0.4) is 0 Å². The van der Waals surface area contributed by atoms with E-state index in [0.717, 1.165) is 12.1 Å². The van der Waals surface area contributed by atoms with Crippen molar-refractivity contribution < 1.29 is 27.4 Å². The lowest BCUT2D eigenvalue weighted by atomic mass is 9.99. The highest BCUT2D eigenvalue weighted by Gasteiger charge is 2.36. The molecule has 8 nitrogen and oxygen atoms in total. The maximum Gasteiger partial charge on any atom is 0.258 e. The molecule has 0 spiro atoms. The third-order valence-electron chi connectivity index (χ3n) is 6.11. The van der Waals surface area contributed by atoms with E-state index in [2.05, 4.69) is 0 Å². The fourth-order valence-corrected chi connectivity index (χ4v) is 5.12. The maximum absolute atomic E-state index is 13.4. The zero-order valence-electron chi connectivity index (χ0n) is 20.1. The summed E-state index contributed by atoms with van der Waals surface area (Å²) >= 11 is 0. The molecule has 1 aliphatic heterocycles. The first kappa shape index (κ1) is 25.9. The van der Waals surface area contributed by atoms with E-state index < -0.39 is 28.0 Å². The van der Waals surface area contributed by atoms with Crippen molar-refractivity contribution in [1.82, 2.24) is 9.21 Å². The highest BCUT2D eigenvalue weighted by Crippen LogP contribution is 2.36. The molecule has 10 heteroatoms. The van der Waals surface area contributed by atoms with Gasteiger partial charge in [0.05, 0.1) is 35.3 Å². The smallest absolute Gasteiger partial charge is 0.258 e. The first-order valence-electron chi connectivity index (χ1n) is 11.1. The number of fused-ring (bicyclic) bond motifs is 1. The van der Waals surface area contributed by atoms with Gasteiger partial charge in [0.25, 0.3) is 5.91 Å². The molecule has 0 fully saturated rings. The summed E-state index contributed by atoms with van der Waals surface area (Å²) in [7, 11) is 1.22. The Morgan fingerprint density at radius 1 is 1.18 bits per heavy atom. The lowest BCUT2D eigenvalue weighted by Gasteiger charge is -2.38. The zero-order valence-corrected chi connectivity index (χ0v) is 20.9. The predicted molar refractivity (Wildman–Crippen MR) is 128 cm³/mol. The average Bonchev–Trinajstić information content (AvgIpc) is 2.80. The second-order valence-electron chi connectivity index (χ2n) is 8.91. The Morgan fingerprint density at radius 2 is 1.82 bits per heavy atom. The summed E-state index contributed by atoms with van der Waals surface area (Å²) in [6.45, 7) is 3.74. The Labute approximate surface area is 200 Å². The maximum atomic E-state index is 13.4. The molecule has 0 radical (unpaired) electrons. The van der Waals surface area contributed by atoms with Crippen LogP contribution in [-0.4, -0.2) is 81.6 Å². The molecule has 1 aliphatic rings. The predicted octanol–water partition coefficient (Wildman–Crippen LogP) is 2.43. The minimum atomic E-state index is -3.89. The normalized spacial score (nSPS) is 19.8. The van der Waals surface area contributed by atoms with E-state index in [-0.39, 0.29) is 36.4 Å². The van der Waals surface area contributed by atoms with Gasteiger partial charge in [0.2, 0.25) is 10.0 Å². The number of para-hydroxylation sites is 1. The number of carbonyl (C=O) groups is 1. The molecule has 34 heavy (non-hydrogen) atoms. The second-order valence-corrected chi connectivity index (χ2v) is 11.0. The molecular weight excluding hydrogens is 461 g/mol. The summed E-state index contributed by atoms with van der Waals surface area (Å²) in [5.41, 5.74) is 1.04. The Balaban J connectivity index is 2.01. The zero-order chi connectivity index (χ0) is 25.2. The monoisotopic (exact) mass is 493 g/mol. The van der Waals surface area contributed by atoms with Crippen molar-refractivity contribution in [2.45, 2.75) is 30.9 Å². The molecule has 1 N–H and O–H groups in total. The Bertz CT molecular complexity index is 1120. The number of aliphatic hydroxyl groups excluding tert-OH is 1. The molecule has 3 rings (SSSR count). The van der Waals surface area contributed by atoms with Crippen LogP contribution >= 0.6 is 0 Å². The summed E-state index contributed by atoms with van der Waals surface area (Å²) in [6.07, 6.45) is -0.596. The molecule has 0 bridgehead atoms. The minimum absolute atomic E-state index is 0.0115. The van der Waals surface area contributed by atoms with E-state index in [1.54, 1.807) is 24.0 Å². The van der Waals surface area contributed by atoms with Gasteiger partial charge in [-0.25, -0.2) is 12.8 Å². The summed E-state index contributed by atoms with van der Waals surface area (Å²) in [4.78, 5) is 16.8. The largest absolute Gasteiger partial charge is 0.486 e. The summed E-state index contributed by atoms with van der Waals surface area (Å²) in [6, 6.07) is 9.51. The van der Waals surface area contributed by atoms with Crippen molar-refractivity contribution in [3.63, 3.8) is 0 Å². The van der Waals surface area contributed by atoms with Crippen LogP contribution in [0, 0.1) is 11.7 Å². The average molecular weight is 494 g/mol. The number of sulfonamides is 1. The van der Waals surface area contributed by atoms with Crippen molar-refractivity contribution in [3.05, 3.63) is 53.8 Å². The van der Waals surface area contributed by atoms with E-state index in [9.17, 15) is 22.7 Å². The van der Waals surface area contributed by atoms with Gasteiger partial charge in [0.15, 0.2) is 5.75 Å². The highest BCUT2D eigenvalue weighted by molar-refractivity contribution is 7.89. The molecule has 3 atom stereocenters. The molecule has 186 valence electrons. The third-order valence-corrected chi connectivity index (χ3v) is 7.95. The van der Waals surface area contributed by atoms with Gasteiger partial charge in [-0.3, -0.25) is 4.79 Å². The Morgan fingerprint density at radius 3 is 2.41 bits per heavy atom. The van der Waals surface area contributed by atoms with Gasteiger partial charge in [0.1, 0.15) is 11.9 Å². The van der Waals surface area contributed by atoms with E-state index in [0.29, 0.717) is 17.0 Å². The molecule has 0 saturated carbocycles. The molecule has 2 aromatic carbocycles. The van der Waals surface area contributed by atoms with Crippen LogP contribution in [-0.2, 0) is 10.0 Å². The number of nitrogens with zero attached hydrogens (tertiary/aromatic N) is 3. The van der Waals surface area contributed by atoms with E-state index in [1.165, 1.54) is 23.5 Å². The first-order valence-corrected chi connectivity index (χ1v) is 12.5. The lowest BCUT2D eigenvalue weighted by molar-refractivity contribution is 0.0388. The summed E-state index contributed by atoms with van der Waals surface area (Å²) < 4.78 is 47.1. The molecule has 0 aliphatic carbocycles. The van der Waals surface area contributed by atoms with Crippen LogP contribution in [0.2, 0.25) is 0 Å². The summed E-state index contributed by atoms with van der Waals surface area (Å²) in [5.74, 6) is -0.657. The van der Waals surface area contributed by atoms with Crippen LogP contribution in [0.4, 0.5) is 10.1 Å². The Hall–Kier alpha value is -2.69. The molecular formula is C24H32FN3O5S. The van der Waals surface area contributed by atoms with Crippen LogP contribution in [0.25, 0.3) is 0 Å². The number of likely N-dealkylation sites (N-methyl/N-ethyl adjacent to an activating group) is 1. The van der Waals surface area contributed by atoms with Gasteiger partial charge >= 0.3 is 0 Å². The fourth-order valence-electron chi connectivity index (χ4n) is 3.94. The SMILES string of the molecule is C[C@@H]1CN([C@H](C)CO)C(=O)c2cccc(N(C)C)c2O[C@H]1CN(C)S(=O)(=O)c1ccc(F)cc1. The molecule has 0 aromatic heterocycles. The molecule has 1 heterocycles. The quantitative estimate of drug-likeness (QED) is 0.637. The van der Waals surface area contributed by atoms with Crippen molar-refractivity contribution in [1.29, 1.82) is 0 Å². The topological polar surface area (TPSA) is 90.4 Å². The van der Waals surface area contributed by atoms with Crippen LogP contribution < -0.4 is 9.64 Å². The number of halogens is 1. The minimum Gasteiger partial charge on any atom is -0.486 e. The van der Waals surface area contributed by atoms with Gasteiger partial charge in [-0.15, -0.1) is 0 Å². The third kappa shape index (κ3) is 5.18. The fraction of sp³-hybridized carbons (Fsp3) is 0.458. The molecule has 0 saturated heterocycles. The van der Waals surface area contributed by atoms with E-state index >= 15 is 0 Å². The van der Waals surface area contributed by atoms with Gasteiger partial charge in [-0.05, 0) is 43.3 Å². The Kier molecular flexibility index (Phi) is 7.84. The second kappa shape index (κ2) is 10.3.